The van der Waals surface area contributed by atoms with Crippen LogP contribution in [0.2, 0.25) is 0 Å². The minimum atomic E-state index is 0.533. The predicted octanol–water partition coefficient (Wildman–Crippen LogP) is 12.9. The van der Waals surface area contributed by atoms with Crippen molar-refractivity contribution in [1.29, 1.82) is 10.5 Å². The van der Waals surface area contributed by atoms with Crippen molar-refractivity contribution in [2.75, 3.05) is 0 Å². The third-order valence-corrected chi connectivity index (χ3v) is 12.7. The SMILES string of the molecule is Cc1cc(C#N)cc(-c2cc(-n3c4ccccc4c4ccc5c(c6ccccc6n5C)c43)c(-n3c4ccccc4c4ccc5c(c6ccccc6n5C)c43)cc2C#N)c1. The average molecular weight is 755 g/mol. The van der Waals surface area contributed by atoms with Gasteiger partial charge in [0.1, 0.15) is 0 Å². The molecule has 0 radical (unpaired) electrons. The highest BCUT2D eigenvalue weighted by Crippen LogP contribution is 2.46. The molecule has 0 saturated carbocycles. The van der Waals surface area contributed by atoms with E-state index in [1.165, 1.54) is 21.5 Å². The van der Waals surface area contributed by atoms with Crippen LogP contribution in [0.3, 0.4) is 0 Å². The number of rotatable bonds is 3. The van der Waals surface area contributed by atoms with E-state index in [9.17, 15) is 10.5 Å². The van der Waals surface area contributed by atoms with Crippen molar-refractivity contribution in [3.63, 3.8) is 0 Å². The lowest BCUT2D eigenvalue weighted by atomic mass is 9.95. The van der Waals surface area contributed by atoms with Gasteiger partial charge in [-0.25, -0.2) is 0 Å². The summed E-state index contributed by atoms with van der Waals surface area (Å²) < 4.78 is 9.41. The Labute approximate surface area is 338 Å². The van der Waals surface area contributed by atoms with Crippen molar-refractivity contribution in [3.8, 4) is 34.6 Å². The number of aromatic nitrogens is 4. The fourth-order valence-electron chi connectivity index (χ4n) is 10.2. The number of aryl methyl sites for hydroxylation is 3. The van der Waals surface area contributed by atoms with Crippen LogP contribution in [0.4, 0.5) is 0 Å². The van der Waals surface area contributed by atoms with Crippen LogP contribution in [0.5, 0.6) is 0 Å². The van der Waals surface area contributed by atoms with Gasteiger partial charge in [0.2, 0.25) is 0 Å². The second-order valence-corrected chi connectivity index (χ2v) is 15.8. The summed E-state index contributed by atoms with van der Waals surface area (Å²) in [6.07, 6.45) is 0. The molecular formula is C53H34N6. The number of benzene rings is 8. The van der Waals surface area contributed by atoms with Gasteiger partial charge in [0.15, 0.2) is 0 Å². The molecule has 8 aromatic carbocycles. The zero-order valence-corrected chi connectivity index (χ0v) is 32.6. The van der Waals surface area contributed by atoms with Crippen LogP contribution in [-0.2, 0) is 14.1 Å². The van der Waals surface area contributed by atoms with E-state index in [0.29, 0.717) is 11.1 Å². The van der Waals surface area contributed by atoms with Crippen LogP contribution < -0.4 is 0 Å². The average Bonchev–Trinajstić information content (AvgIpc) is 3.98. The van der Waals surface area contributed by atoms with Crippen LogP contribution in [0.15, 0.2) is 152 Å². The van der Waals surface area contributed by atoms with E-state index in [-0.39, 0.29) is 0 Å². The first-order valence-corrected chi connectivity index (χ1v) is 19.8. The molecule has 4 aromatic heterocycles. The van der Waals surface area contributed by atoms with Crippen molar-refractivity contribution in [2.45, 2.75) is 6.92 Å². The van der Waals surface area contributed by atoms with E-state index in [1.807, 2.05) is 19.1 Å². The molecular weight excluding hydrogens is 721 g/mol. The minimum absolute atomic E-state index is 0.533. The number of hydrogen-bond donors (Lipinski definition) is 0. The Morgan fingerprint density at radius 1 is 0.424 bits per heavy atom. The lowest BCUT2D eigenvalue weighted by Crippen LogP contribution is -2.06. The number of nitrogens with zero attached hydrogens (tertiary/aromatic N) is 6. The van der Waals surface area contributed by atoms with E-state index in [0.717, 1.165) is 93.7 Å². The van der Waals surface area contributed by atoms with Gasteiger partial charge in [0, 0.05) is 73.8 Å². The molecule has 0 N–H and O–H groups in total. The van der Waals surface area contributed by atoms with Crippen LogP contribution in [0.1, 0.15) is 16.7 Å². The van der Waals surface area contributed by atoms with Gasteiger partial charge in [-0.1, -0.05) is 91.0 Å². The summed E-state index contributed by atoms with van der Waals surface area (Å²) in [6.45, 7) is 2.00. The van der Waals surface area contributed by atoms with Gasteiger partial charge in [-0.05, 0) is 78.7 Å². The predicted molar refractivity (Wildman–Crippen MR) is 243 cm³/mol. The molecule has 0 saturated heterocycles. The largest absolute Gasteiger partial charge is 0.344 e. The molecule has 59 heavy (non-hydrogen) atoms. The third kappa shape index (κ3) is 4.38. The maximum atomic E-state index is 11.1. The molecule has 0 fully saturated rings. The summed E-state index contributed by atoms with van der Waals surface area (Å²) in [5.74, 6) is 0. The molecule has 6 nitrogen and oxygen atoms in total. The maximum Gasteiger partial charge on any atom is 0.0998 e. The van der Waals surface area contributed by atoms with Gasteiger partial charge in [-0.2, -0.15) is 10.5 Å². The van der Waals surface area contributed by atoms with Crippen molar-refractivity contribution in [1.82, 2.24) is 18.3 Å². The van der Waals surface area contributed by atoms with Gasteiger partial charge >= 0.3 is 0 Å². The molecule has 0 aliphatic rings. The summed E-state index contributed by atoms with van der Waals surface area (Å²) in [7, 11) is 4.29. The summed E-state index contributed by atoms with van der Waals surface area (Å²) in [5.41, 5.74) is 14.4. The molecule has 0 spiro atoms. The Bertz CT molecular complexity index is 3910. The molecule has 0 amide bonds. The van der Waals surface area contributed by atoms with Crippen LogP contribution in [0, 0.1) is 29.6 Å². The molecule has 0 unspecified atom stereocenters. The van der Waals surface area contributed by atoms with E-state index >= 15 is 0 Å². The molecule has 12 aromatic rings. The van der Waals surface area contributed by atoms with Gasteiger partial charge in [0.05, 0.1) is 67.7 Å². The van der Waals surface area contributed by atoms with Crippen molar-refractivity contribution < 1.29 is 0 Å². The molecule has 4 heterocycles. The molecule has 0 aliphatic carbocycles. The highest BCUT2D eigenvalue weighted by molar-refractivity contribution is 6.27. The zero-order valence-electron chi connectivity index (χ0n) is 32.6. The highest BCUT2D eigenvalue weighted by Gasteiger charge is 2.26. The topological polar surface area (TPSA) is 67.3 Å². The third-order valence-electron chi connectivity index (χ3n) is 12.7. The fraction of sp³-hybridized carbons (Fsp3) is 0.0566. The molecule has 0 atom stereocenters. The Morgan fingerprint density at radius 3 is 1.41 bits per heavy atom. The lowest BCUT2D eigenvalue weighted by Gasteiger charge is -2.20. The van der Waals surface area contributed by atoms with Gasteiger partial charge in [0.25, 0.3) is 0 Å². The normalized spacial score (nSPS) is 11.9. The van der Waals surface area contributed by atoms with Gasteiger partial charge in [-0.3, -0.25) is 0 Å². The van der Waals surface area contributed by atoms with E-state index in [2.05, 4.69) is 184 Å². The second-order valence-electron chi connectivity index (χ2n) is 15.8. The highest BCUT2D eigenvalue weighted by atomic mass is 15.1. The number of hydrogen-bond acceptors (Lipinski definition) is 2. The van der Waals surface area contributed by atoms with Crippen LogP contribution in [-0.4, -0.2) is 18.3 Å². The van der Waals surface area contributed by atoms with Gasteiger partial charge < -0.3 is 18.3 Å². The summed E-state index contributed by atoms with van der Waals surface area (Å²) in [4.78, 5) is 0. The second kappa shape index (κ2) is 12.0. The van der Waals surface area contributed by atoms with Crippen molar-refractivity contribution in [2.24, 2.45) is 14.1 Å². The summed E-state index contributed by atoms with van der Waals surface area (Å²) in [6, 6.07) is 58.7. The molecule has 12 rings (SSSR count). The van der Waals surface area contributed by atoms with E-state index in [4.69, 9.17) is 0 Å². The Balaban J connectivity index is 1.35. The van der Waals surface area contributed by atoms with Gasteiger partial charge in [-0.15, -0.1) is 0 Å². The van der Waals surface area contributed by atoms with Crippen LogP contribution >= 0.6 is 0 Å². The number of fused-ring (bicyclic) bond motifs is 14. The van der Waals surface area contributed by atoms with E-state index in [1.54, 1.807) is 0 Å². The van der Waals surface area contributed by atoms with Crippen molar-refractivity contribution >= 4 is 87.2 Å². The quantitative estimate of drug-likeness (QED) is 0.180. The Hall–Kier alpha value is -8.06. The Morgan fingerprint density at radius 2 is 0.898 bits per heavy atom. The molecule has 0 aliphatic heterocycles. The Kier molecular flexibility index (Phi) is 6.72. The smallest absolute Gasteiger partial charge is 0.0998 e. The number of para-hydroxylation sites is 4. The first kappa shape index (κ1) is 33.1. The molecule has 0 bridgehead atoms. The van der Waals surface area contributed by atoms with Crippen LogP contribution in [0.25, 0.3) is 110 Å². The fourth-order valence-corrected chi connectivity index (χ4v) is 10.2. The van der Waals surface area contributed by atoms with Crippen molar-refractivity contribution in [3.05, 3.63) is 168 Å². The molecule has 6 heteroatoms. The monoisotopic (exact) mass is 754 g/mol. The zero-order chi connectivity index (χ0) is 39.7. The first-order chi connectivity index (χ1) is 28.9. The first-order valence-electron chi connectivity index (χ1n) is 19.8. The maximum absolute atomic E-state index is 11.1. The lowest BCUT2D eigenvalue weighted by molar-refractivity contribution is 1.01. The summed E-state index contributed by atoms with van der Waals surface area (Å²) in [5, 5.41) is 30.5. The summed E-state index contributed by atoms with van der Waals surface area (Å²) >= 11 is 0. The van der Waals surface area contributed by atoms with E-state index < -0.39 is 0 Å². The molecule has 276 valence electrons. The standard InChI is InChI=1S/C53H34N6/c1-31-24-32(29-54)26-33(25-31)41-28-49(59-45-19-11-5-13-36(45)38-21-23-47-51(53(38)59)40-15-7-9-17-43(40)57(47)3)48(27-34(41)30-55)58-44-18-10-4-12-35(44)37-20-22-46-50(52(37)58)39-14-6-8-16-42(39)56(46)2/h4-28H,1-3H3. The number of nitriles is 2. The minimum Gasteiger partial charge on any atom is -0.344 e.